The maximum Gasteiger partial charge on any atom is 0.409 e. The number of rotatable bonds is 3. The number of pyridine rings is 1. The van der Waals surface area contributed by atoms with Crippen molar-refractivity contribution in [2.45, 2.75) is 19.4 Å². The fraction of sp³-hybridized carbons (Fsp3) is 0.333. The standard InChI is InChI=1S/C21H20BrCl2N3O3/c1-12-7-13(22)8-16(24)19(12)20-17(27-4-3-14(23)9-18(27)25-20)10-15-11-26(5-6-30-15)21(28)29-2/h3-4,7-9,15H,5-6,10-11H2,1-2H3/t15-/m0/s1. The monoisotopic (exact) mass is 511 g/mol. The molecule has 3 aromatic rings. The van der Waals surface area contributed by atoms with Crippen molar-refractivity contribution < 1.29 is 14.3 Å². The van der Waals surface area contributed by atoms with Gasteiger partial charge in [-0.3, -0.25) is 0 Å². The molecule has 0 radical (unpaired) electrons. The fourth-order valence-electron chi connectivity index (χ4n) is 3.82. The van der Waals surface area contributed by atoms with Crippen LogP contribution in [0.1, 0.15) is 11.3 Å². The third kappa shape index (κ3) is 4.17. The molecule has 1 aliphatic rings. The van der Waals surface area contributed by atoms with Crippen molar-refractivity contribution in [1.29, 1.82) is 0 Å². The Kier molecular flexibility index (Phi) is 6.25. The van der Waals surface area contributed by atoms with Gasteiger partial charge < -0.3 is 18.8 Å². The first-order chi connectivity index (χ1) is 14.4. The van der Waals surface area contributed by atoms with Crippen molar-refractivity contribution in [3.63, 3.8) is 0 Å². The van der Waals surface area contributed by atoms with Crippen LogP contribution in [0.4, 0.5) is 4.79 Å². The summed E-state index contributed by atoms with van der Waals surface area (Å²) in [6, 6.07) is 7.51. The molecular formula is C21H20BrCl2N3O3. The van der Waals surface area contributed by atoms with E-state index < -0.39 is 0 Å². The quantitative estimate of drug-likeness (QED) is 0.472. The number of morpholine rings is 1. The minimum absolute atomic E-state index is 0.193. The number of aryl methyl sites for hydroxylation is 1. The summed E-state index contributed by atoms with van der Waals surface area (Å²) in [5.74, 6) is 0. The Balaban J connectivity index is 1.79. The molecule has 0 spiro atoms. The van der Waals surface area contributed by atoms with E-state index in [9.17, 15) is 4.79 Å². The average molecular weight is 513 g/mol. The number of methoxy groups -OCH3 is 1. The van der Waals surface area contributed by atoms with Gasteiger partial charge in [-0.05, 0) is 30.7 Å². The van der Waals surface area contributed by atoms with Gasteiger partial charge in [0.15, 0.2) is 0 Å². The fourth-order valence-corrected chi connectivity index (χ4v) is 5.04. The Hall–Kier alpha value is -1.80. The predicted octanol–water partition coefficient (Wildman–Crippen LogP) is 5.39. The van der Waals surface area contributed by atoms with Crippen molar-refractivity contribution in [1.82, 2.24) is 14.3 Å². The van der Waals surface area contributed by atoms with Crippen LogP contribution in [0.15, 0.2) is 34.9 Å². The molecule has 0 N–H and O–H groups in total. The van der Waals surface area contributed by atoms with Gasteiger partial charge in [0.2, 0.25) is 0 Å². The molecule has 30 heavy (non-hydrogen) atoms. The molecule has 9 heteroatoms. The number of benzene rings is 1. The average Bonchev–Trinajstić information content (AvgIpc) is 3.03. The van der Waals surface area contributed by atoms with E-state index in [2.05, 4.69) is 15.9 Å². The second kappa shape index (κ2) is 8.75. The van der Waals surface area contributed by atoms with Gasteiger partial charge in [0.1, 0.15) is 5.65 Å². The van der Waals surface area contributed by atoms with E-state index in [0.717, 1.165) is 32.6 Å². The number of carbonyl (C=O) groups excluding carboxylic acids is 1. The van der Waals surface area contributed by atoms with Crippen LogP contribution in [-0.4, -0.2) is 53.3 Å². The van der Waals surface area contributed by atoms with Gasteiger partial charge >= 0.3 is 6.09 Å². The Morgan fingerprint density at radius 1 is 1.37 bits per heavy atom. The molecule has 0 saturated carbocycles. The molecule has 1 saturated heterocycles. The summed E-state index contributed by atoms with van der Waals surface area (Å²) in [5.41, 5.74) is 4.34. The molecular weight excluding hydrogens is 493 g/mol. The van der Waals surface area contributed by atoms with Gasteiger partial charge in [0.25, 0.3) is 0 Å². The van der Waals surface area contributed by atoms with Crippen LogP contribution in [0.2, 0.25) is 10.0 Å². The van der Waals surface area contributed by atoms with E-state index >= 15 is 0 Å². The number of carbonyl (C=O) groups is 1. The second-order valence-corrected chi connectivity index (χ2v) is 8.93. The van der Waals surface area contributed by atoms with E-state index in [0.29, 0.717) is 36.2 Å². The Labute approximate surface area is 192 Å². The van der Waals surface area contributed by atoms with Crippen LogP contribution in [0.3, 0.4) is 0 Å². The summed E-state index contributed by atoms with van der Waals surface area (Å²) >= 11 is 16.3. The lowest BCUT2D eigenvalue weighted by Gasteiger charge is -2.32. The summed E-state index contributed by atoms with van der Waals surface area (Å²) in [6.45, 7) is 3.41. The first-order valence-electron chi connectivity index (χ1n) is 9.44. The van der Waals surface area contributed by atoms with Crippen molar-refractivity contribution in [2.75, 3.05) is 26.8 Å². The number of nitrogens with zero attached hydrogens (tertiary/aromatic N) is 3. The number of aromatic nitrogens is 2. The second-order valence-electron chi connectivity index (χ2n) is 7.17. The molecule has 1 amide bonds. The van der Waals surface area contributed by atoms with E-state index in [1.807, 2.05) is 41.8 Å². The normalized spacial score (nSPS) is 16.8. The van der Waals surface area contributed by atoms with Gasteiger partial charge in [0, 0.05) is 40.3 Å². The molecule has 4 rings (SSSR count). The zero-order chi connectivity index (χ0) is 21.4. The molecule has 0 unspecified atom stereocenters. The van der Waals surface area contributed by atoms with E-state index in [1.54, 1.807) is 4.90 Å². The summed E-state index contributed by atoms with van der Waals surface area (Å²) in [4.78, 5) is 18.5. The van der Waals surface area contributed by atoms with Crippen LogP contribution in [0, 0.1) is 6.92 Å². The van der Waals surface area contributed by atoms with Crippen LogP contribution in [0.25, 0.3) is 16.9 Å². The maximum absolute atomic E-state index is 12.0. The smallest absolute Gasteiger partial charge is 0.409 e. The van der Waals surface area contributed by atoms with Gasteiger partial charge in [-0.25, -0.2) is 9.78 Å². The third-order valence-corrected chi connectivity index (χ3v) is 6.16. The lowest BCUT2D eigenvalue weighted by molar-refractivity contribution is -0.0241. The molecule has 1 atom stereocenters. The number of ether oxygens (including phenoxy) is 2. The highest BCUT2D eigenvalue weighted by atomic mass is 79.9. The van der Waals surface area contributed by atoms with Gasteiger partial charge in [-0.2, -0.15) is 0 Å². The third-order valence-electron chi connectivity index (χ3n) is 5.17. The molecule has 6 nitrogen and oxygen atoms in total. The largest absolute Gasteiger partial charge is 0.453 e. The number of fused-ring (bicyclic) bond motifs is 1. The topological polar surface area (TPSA) is 56.1 Å². The first-order valence-corrected chi connectivity index (χ1v) is 11.0. The maximum atomic E-state index is 12.0. The number of amides is 1. The van der Waals surface area contributed by atoms with Gasteiger partial charge in [-0.1, -0.05) is 39.1 Å². The van der Waals surface area contributed by atoms with E-state index in [1.165, 1.54) is 7.11 Å². The van der Waals surface area contributed by atoms with Crippen molar-refractivity contribution in [3.05, 3.63) is 56.2 Å². The van der Waals surface area contributed by atoms with Crippen LogP contribution < -0.4 is 0 Å². The summed E-state index contributed by atoms with van der Waals surface area (Å²) in [7, 11) is 1.39. The number of imidazole rings is 1. The van der Waals surface area contributed by atoms with Crippen LogP contribution >= 0.6 is 39.1 Å². The van der Waals surface area contributed by atoms with Crippen LogP contribution in [-0.2, 0) is 15.9 Å². The zero-order valence-electron chi connectivity index (χ0n) is 16.5. The molecule has 1 aromatic carbocycles. The molecule has 3 heterocycles. The SMILES string of the molecule is COC(=O)N1CCO[C@@H](Cc2c(-c3c(C)cc(Br)cc3Cl)nc3cc(Cl)ccn23)C1. The van der Waals surface area contributed by atoms with Crippen molar-refractivity contribution >= 4 is 50.9 Å². The lowest BCUT2D eigenvalue weighted by Crippen LogP contribution is -2.46. The summed E-state index contributed by atoms with van der Waals surface area (Å²) in [6.07, 6.45) is 1.91. The molecule has 1 fully saturated rings. The van der Waals surface area contributed by atoms with Crippen molar-refractivity contribution in [3.8, 4) is 11.3 Å². The zero-order valence-corrected chi connectivity index (χ0v) is 19.6. The summed E-state index contributed by atoms with van der Waals surface area (Å²) < 4.78 is 13.7. The van der Waals surface area contributed by atoms with E-state index in [-0.39, 0.29) is 12.2 Å². The molecule has 158 valence electrons. The minimum atomic E-state index is -0.347. The molecule has 2 aromatic heterocycles. The predicted molar refractivity (Wildman–Crippen MR) is 121 cm³/mol. The summed E-state index contributed by atoms with van der Waals surface area (Å²) in [5, 5.41) is 1.22. The molecule has 1 aliphatic heterocycles. The Morgan fingerprint density at radius 3 is 2.90 bits per heavy atom. The van der Waals surface area contributed by atoms with Gasteiger partial charge in [0.05, 0.1) is 42.8 Å². The Morgan fingerprint density at radius 2 is 2.17 bits per heavy atom. The number of hydrogen-bond acceptors (Lipinski definition) is 4. The highest BCUT2D eigenvalue weighted by molar-refractivity contribution is 9.10. The van der Waals surface area contributed by atoms with Crippen molar-refractivity contribution in [2.24, 2.45) is 0 Å². The number of halogens is 3. The molecule has 0 bridgehead atoms. The van der Waals surface area contributed by atoms with Crippen LogP contribution in [0.5, 0.6) is 0 Å². The number of hydrogen-bond donors (Lipinski definition) is 0. The molecule has 0 aliphatic carbocycles. The lowest BCUT2D eigenvalue weighted by atomic mass is 10.0. The van der Waals surface area contributed by atoms with E-state index in [4.69, 9.17) is 37.7 Å². The first kappa shape index (κ1) is 21.4. The Bertz CT molecular complexity index is 1100. The highest BCUT2D eigenvalue weighted by Gasteiger charge is 2.28. The highest BCUT2D eigenvalue weighted by Crippen LogP contribution is 2.37. The van der Waals surface area contributed by atoms with Gasteiger partial charge in [-0.15, -0.1) is 0 Å². The minimum Gasteiger partial charge on any atom is -0.453 e.